The van der Waals surface area contributed by atoms with Crippen LogP contribution in [0, 0.1) is 22.7 Å². The van der Waals surface area contributed by atoms with E-state index in [1.807, 2.05) is 12.1 Å². The number of hydrogen-bond donors (Lipinski definition) is 0. The smallest absolute Gasteiger partial charge is 0.122 e. The first-order valence-electron chi connectivity index (χ1n) is 6.75. The standard InChI is InChI=1S/C16H20BrNO/c1-11-4-15(9-16(2,3)8-11)19-14-6-12(10-18)5-13(17)7-14/h5-7,11,15H,4,8-9H2,1-3H3. The largest absolute Gasteiger partial charge is 0.490 e. The Labute approximate surface area is 123 Å². The molecule has 0 aromatic heterocycles. The van der Waals surface area contributed by atoms with Gasteiger partial charge in [0.25, 0.3) is 0 Å². The summed E-state index contributed by atoms with van der Waals surface area (Å²) in [5, 5.41) is 8.99. The lowest BCUT2D eigenvalue weighted by Crippen LogP contribution is -2.34. The second-order valence-corrected chi connectivity index (χ2v) is 7.36. The number of hydrogen-bond acceptors (Lipinski definition) is 2. The Morgan fingerprint density at radius 3 is 2.68 bits per heavy atom. The molecule has 1 aromatic rings. The molecule has 2 unspecified atom stereocenters. The number of nitriles is 1. The lowest BCUT2D eigenvalue weighted by atomic mass is 9.71. The predicted molar refractivity (Wildman–Crippen MR) is 80.1 cm³/mol. The van der Waals surface area contributed by atoms with Crippen LogP contribution in [-0.2, 0) is 0 Å². The molecule has 2 atom stereocenters. The van der Waals surface area contributed by atoms with E-state index in [-0.39, 0.29) is 6.10 Å². The van der Waals surface area contributed by atoms with Gasteiger partial charge in [-0.2, -0.15) is 5.26 Å². The molecule has 2 nitrogen and oxygen atoms in total. The Bertz CT molecular complexity index is 504. The van der Waals surface area contributed by atoms with Crippen molar-refractivity contribution < 1.29 is 4.74 Å². The third kappa shape index (κ3) is 3.98. The van der Waals surface area contributed by atoms with Crippen LogP contribution in [0.25, 0.3) is 0 Å². The molecule has 0 radical (unpaired) electrons. The van der Waals surface area contributed by atoms with Gasteiger partial charge in [0, 0.05) is 4.47 Å². The molecular weight excluding hydrogens is 302 g/mol. The molecule has 1 fully saturated rings. The van der Waals surface area contributed by atoms with Gasteiger partial charge in [-0.05, 0) is 48.8 Å². The minimum absolute atomic E-state index is 0.250. The van der Waals surface area contributed by atoms with Crippen molar-refractivity contribution in [2.75, 3.05) is 0 Å². The van der Waals surface area contributed by atoms with E-state index in [1.165, 1.54) is 6.42 Å². The van der Waals surface area contributed by atoms with Crippen molar-refractivity contribution in [2.45, 2.75) is 46.1 Å². The van der Waals surface area contributed by atoms with Crippen LogP contribution in [0.2, 0.25) is 0 Å². The van der Waals surface area contributed by atoms with E-state index in [2.05, 4.69) is 42.8 Å². The lowest BCUT2D eigenvalue weighted by Gasteiger charge is -2.38. The van der Waals surface area contributed by atoms with Crippen LogP contribution in [0.4, 0.5) is 0 Å². The minimum Gasteiger partial charge on any atom is -0.490 e. The highest BCUT2D eigenvalue weighted by Crippen LogP contribution is 2.40. The third-order valence-electron chi connectivity index (χ3n) is 3.65. The summed E-state index contributed by atoms with van der Waals surface area (Å²) in [6.07, 6.45) is 3.68. The Balaban J connectivity index is 2.13. The van der Waals surface area contributed by atoms with Crippen LogP contribution < -0.4 is 4.74 Å². The number of benzene rings is 1. The number of rotatable bonds is 2. The minimum atomic E-state index is 0.250. The molecular formula is C16H20BrNO. The van der Waals surface area contributed by atoms with Crippen molar-refractivity contribution in [1.82, 2.24) is 0 Å². The molecule has 19 heavy (non-hydrogen) atoms. The molecule has 102 valence electrons. The number of ether oxygens (including phenoxy) is 1. The summed E-state index contributed by atoms with van der Waals surface area (Å²) in [4.78, 5) is 0. The van der Waals surface area contributed by atoms with Gasteiger partial charge in [0.15, 0.2) is 0 Å². The first kappa shape index (κ1) is 14.4. The van der Waals surface area contributed by atoms with Gasteiger partial charge in [-0.25, -0.2) is 0 Å². The maximum Gasteiger partial charge on any atom is 0.122 e. The van der Waals surface area contributed by atoms with Crippen LogP contribution in [0.3, 0.4) is 0 Å². The maximum atomic E-state index is 8.99. The molecule has 0 saturated heterocycles. The Morgan fingerprint density at radius 1 is 1.32 bits per heavy atom. The number of nitrogens with zero attached hydrogens (tertiary/aromatic N) is 1. The Morgan fingerprint density at radius 2 is 2.05 bits per heavy atom. The topological polar surface area (TPSA) is 33.0 Å². The van der Waals surface area contributed by atoms with E-state index in [1.54, 1.807) is 6.07 Å². The second kappa shape index (κ2) is 5.54. The van der Waals surface area contributed by atoms with Crippen molar-refractivity contribution in [1.29, 1.82) is 5.26 Å². The molecule has 2 rings (SSSR count). The Hall–Kier alpha value is -1.01. The van der Waals surface area contributed by atoms with Crippen molar-refractivity contribution in [2.24, 2.45) is 11.3 Å². The summed E-state index contributed by atoms with van der Waals surface area (Å²) >= 11 is 3.42. The lowest BCUT2D eigenvalue weighted by molar-refractivity contribution is 0.0562. The van der Waals surface area contributed by atoms with E-state index < -0.39 is 0 Å². The molecule has 0 N–H and O–H groups in total. The molecule has 0 spiro atoms. The summed E-state index contributed by atoms with van der Waals surface area (Å²) in [7, 11) is 0. The molecule has 1 aliphatic rings. The first-order valence-corrected chi connectivity index (χ1v) is 7.54. The van der Waals surface area contributed by atoms with Crippen molar-refractivity contribution >= 4 is 15.9 Å². The van der Waals surface area contributed by atoms with Crippen LogP contribution in [-0.4, -0.2) is 6.10 Å². The molecule has 3 heteroatoms. The quantitative estimate of drug-likeness (QED) is 0.775. The van der Waals surface area contributed by atoms with Gasteiger partial charge < -0.3 is 4.74 Å². The fourth-order valence-electron chi connectivity index (χ4n) is 3.24. The highest BCUT2D eigenvalue weighted by atomic mass is 79.9. The Kier molecular flexibility index (Phi) is 4.20. The van der Waals surface area contributed by atoms with Crippen molar-refractivity contribution in [3.05, 3.63) is 28.2 Å². The molecule has 1 aromatic carbocycles. The number of halogens is 1. The predicted octanol–water partition coefficient (Wildman–Crippen LogP) is 4.91. The molecule has 1 aliphatic carbocycles. The van der Waals surface area contributed by atoms with Gasteiger partial charge in [0.05, 0.1) is 17.7 Å². The van der Waals surface area contributed by atoms with Gasteiger partial charge >= 0.3 is 0 Å². The van der Waals surface area contributed by atoms with Gasteiger partial charge in [-0.1, -0.05) is 36.7 Å². The summed E-state index contributed by atoms with van der Waals surface area (Å²) in [6.45, 7) is 6.90. The fraction of sp³-hybridized carbons (Fsp3) is 0.562. The molecule has 0 heterocycles. The molecule has 0 bridgehead atoms. The zero-order valence-electron chi connectivity index (χ0n) is 11.7. The highest BCUT2D eigenvalue weighted by molar-refractivity contribution is 9.10. The van der Waals surface area contributed by atoms with Crippen LogP contribution >= 0.6 is 15.9 Å². The van der Waals surface area contributed by atoms with Crippen LogP contribution in [0.15, 0.2) is 22.7 Å². The average molecular weight is 322 g/mol. The second-order valence-electron chi connectivity index (χ2n) is 6.44. The van der Waals surface area contributed by atoms with E-state index >= 15 is 0 Å². The zero-order chi connectivity index (χ0) is 14.0. The fourth-order valence-corrected chi connectivity index (χ4v) is 3.71. The van der Waals surface area contributed by atoms with Gasteiger partial charge in [-0.15, -0.1) is 0 Å². The summed E-state index contributed by atoms with van der Waals surface area (Å²) in [5.41, 5.74) is 0.972. The third-order valence-corrected chi connectivity index (χ3v) is 4.11. The zero-order valence-corrected chi connectivity index (χ0v) is 13.3. The molecule has 0 aliphatic heterocycles. The van der Waals surface area contributed by atoms with Gasteiger partial charge in [0.1, 0.15) is 5.75 Å². The highest BCUT2D eigenvalue weighted by Gasteiger charge is 2.33. The summed E-state index contributed by atoms with van der Waals surface area (Å²) < 4.78 is 7.00. The van der Waals surface area contributed by atoms with Crippen LogP contribution in [0.5, 0.6) is 5.75 Å². The summed E-state index contributed by atoms with van der Waals surface area (Å²) in [5.74, 6) is 1.48. The van der Waals surface area contributed by atoms with Crippen molar-refractivity contribution in [3.8, 4) is 11.8 Å². The maximum absolute atomic E-state index is 8.99. The molecule has 1 saturated carbocycles. The van der Waals surface area contributed by atoms with Crippen molar-refractivity contribution in [3.63, 3.8) is 0 Å². The van der Waals surface area contributed by atoms with Crippen LogP contribution in [0.1, 0.15) is 45.6 Å². The van der Waals surface area contributed by atoms with E-state index in [0.29, 0.717) is 16.9 Å². The first-order chi connectivity index (χ1) is 8.88. The molecule has 0 amide bonds. The monoisotopic (exact) mass is 321 g/mol. The van der Waals surface area contributed by atoms with E-state index in [4.69, 9.17) is 10.00 Å². The van der Waals surface area contributed by atoms with E-state index in [9.17, 15) is 0 Å². The SMILES string of the molecule is CC1CC(Oc2cc(Br)cc(C#N)c2)CC(C)(C)C1. The van der Waals surface area contributed by atoms with E-state index in [0.717, 1.165) is 23.1 Å². The average Bonchev–Trinajstić information content (AvgIpc) is 2.24. The van der Waals surface area contributed by atoms with Gasteiger partial charge in [-0.3, -0.25) is 0 Å². The van der Waals surface area contributed by atoms with Gasteiger partial charge in [0.2, 0.25) is 0 Å². The normalized spacial score (nSPS) is 25.6. The summed E-state index contributed by atoms with van der Waals surface area (Å²) in [6, 6.07) is 7.72.